The number of fused-ring (bicyclic) bond motifs is 1. The Kier molecular flexibility index (Phi) is 6.38. The van der Waals surface area contributed by atoms with Crippen molar-refractivity contribution < 1.29 is 10.0 Å². The van der Waals surface area contributed by atoms with Gasteiger partial charge in [-0.3, -0.25) is 4.79 Å². The number of H-pyrrole nitrogens is 1. The van der Waals surface area contributed by atoms with Gasteiger partial charge in [0.2, 0.25) is 5.82 Å². The van der Waals surface area contributed by atoms with Crippen LogP contribution in [0.2, 0.25) is 0 Å². The summed E-state index contributed by atoms with van der Waals surface area (Å²) in [6.45, 7) is 13.4. The molecule has 2 heterocycles. The Hall–Kier alpha value is -2.58. The fourth-order valence-corrected chi connectivity index (χ4v) is 4.06. The van der Waals surface area contributed by atoms with Crippen molar-refractivity contribution in [2.24, 2.45) is 5.92 Å². The van der Waals surface area contributed by atoms with Crippen LogP contribution in [0.3, 0.4) is 0 Å². The van der Waals surface area contributed by atoms with Gasteiger partial charge in [0, 0.05) is 11.4 Å². The summed E-state index contributed by atoms with van der Waals surface area (Å²) < 4.78 is 1.85. The normalized spacial score (nSPS) is 14.4. The molecule has 0 fully saturated rings. The maximum atomic E-state index is 12.8. The number of nitrogens with zero attached hydrogens (tertiary/aromatic N) is 4. The fourth-order valence-electron chi connectivity index (χ4n) is 4.06. The van der Waals surface area contributed by atoms with Crippen LogP contribution in [0.1, 0.15) is 57.6 Å². The highest BCUT2D eigenvalue weighted by atomic mass is 16.3. The predicted octanol–water partition coefficient (Wildman–Crippen LogP) is 1.35. The SMILES string of the molecule is Cc1ccc2[nH]c(=O)c(C[NH+](CCO)[C@H](c3nnnn3C(C)(C)C)C(C)C)cc2c1. The fraction of sp³-hybridized carbons (Fsp3) is 0.545. The largest absolute Gasteiger partial charge is 0.391 e. The lowest BCUT2D eigenvalue weighted by atomic mass is 9.99. The number of benzene rings is 1. The Labute approximate surface area is 176 Å². The van der Waals surface area contributed by atoms with Crippen molar-refractivity contribution in [1.82, 2.24) is 25.2 Å². The molecule has 162 valence electrons. The average Bonchev–Trinajstić information content (AvgIpc) is 3.12. The van der Waals surface area contributed by atoms with Gasteiger partial charge in [-0.2, -0.15) is 0 Å². The summed E-state index contributed by atoms with van der Waals surface area (Å²) in [4.78, 5) is 16.8. The number of aromatic nitrogens is 5. The number of rotatable bonds is 7. The first kappa shape index (κ1) is 22.1. The van der Waals surface area contributed by atoms with Crippen LogP contribution in [0.5, 0.6) is 0 Å². The van der Waals surface area contributed by atoms with Crippen molar-refractivity contribution in [3.8, 4) is 0 Å². The van der Waals surface area contributed by atoms with Crippen LogP contribution in [-0.4, -0.2) is 43.4 Å². The van der Waals surface area contributed by atoms with Crippen LogP contribution in [0, 0.1) is 12.8 Å². The molecule has 8 nitrogen and oxygen atoms in total. The van der Waals surface area contributed by atoms with E-state index in [0.717, 1.165) is 27.2 Å². The van der Waals surface area contributed by atoms with Gasteiger partial charge in [0.15, 0.2) is 6.04 Å². The Balaban J connectivity index is 2.04. The smallest absolute Gasteiger partial charge is 0.257 e. The second kappa shape index (κ2) is 8.65. The first-order chi connectivity index (χ1) is 14.1. The van der Waals surface area contributed by atoms with Gasteiger partial charge in [-0.25, -0.2) is 4.68 Å². The third kappa shape index (κ3) is 4.60. The van der Waals surface area contributed by atoms with E-state index in [0.29, 0.717) is 18.7 Å². The van der Waals surface area contributed by atoms with E-state index in [2.05, 4.69) is 61.2 Å². The number of hydrogen-bond acceptors (Lipinski definition) is 5. The molecule has 0 spiro atoms. The summed E-state index contributed by atoms with van der Waals surface area (Å²) in [7, 11) is 0. The Morgan fingerprint density at radius 3 is 2.60 bits per heavy atom. The van der Waals surface area contributed by atoms with Gasteiger partial charge in [0.05, 0.1) is 17.7 Å². The molecule has 0 radical (unpaired) electrons. The maximum absolute atomic E-state index is 12.8. The van der Waals surface area contributed by atoms with Gasteiger partial charge in [-0.05, 0) is 61.7 Å². The van der Waals surface area contributed by atoms with Crippen molar-refractivity contribution in [1.29, 1.82) is 0 Å². The zero-order chi connectivity index (χ0) is 22.1. The second-order valence-corrected chi connectivity index (χ2v) is 9.36. The summed E-state index contributed by atoms with van der Waals surface area (Å²) in [5.41, 5.74) is 2.30. The maximum Gasteiger partial charge on any atom is 0.257 e. The Bertz CT molecular complexity index is 1060. The number of aryl methyl sites for hydroxylation is 1. The number of aliphatic hydroxyl groups is 1. The van der Waals surface area contributed by atoms with Crippen LogP contribution < -0.4 is 10.5 Å². The number of nitrogens with one attached hydrogen (secondary N) is 2. The van der Waals surface area contributed by atoms with Crippen LogP contribution in [0.4, 0.5) is 0 Å². The minimum Gasteiger partial charge on any atom is -0.391 e. The number of tetrazole rings is 1. The van der Waals surface area contributed by atoms with Gasteiger partial charge in [-0.1, -0.05) is 25.5 Å². The number of aliphatic hydroxyl groups excluding tert-OH is 1. The van der Waals surface area contributed by atoms with Gasteiger partial charge in [-0.15, -0.1) is 5.10 Å². The van der Waals surface area contributed by atoms with Crippen LogP contribution in [0.15, 0.2) is 29.1 Å². The lowest BCUT2D eigenvalue weighted by Gasteiger charge is -2.32. The second-order valence-electron chi connectivity index (χ2n) is 9.36. The van der Waals surface area contributed by atoms with Gasteiger partial charge >= 0.3 is 0 Å². The average molecular weight is 414 g/mol. The first-order valence-electron chi connectivity index (χ1n) is 10.5. The third-order valence-electron chi connectivity index (χ3n) is 5.44. The van der Waals surface area contributed by atoms with E-state index >= 15 is 0 Å². The number of aromatic amines is 1. The van der Waals surface area contributed by atoms with E-state index in [1.807, 2.05) is 29.8 Å². The summed E-state index contributed by atoms with van der Waals surface area (Å²) >= 11 is 0. The number of hydrogen-bond donors (Lipinski definition) is 3. The Morgan fingerprint density at radius 1 is 1.23 bits per heavy atom. The summed E-state index contributed by atoms with van der Waals surface area (Å²) in [5, 5.41) is 23.3. The molecule has 0 aliphatic heterocycles. The lowest BCUT2D eigenvalue weighted by molar-refractivity contribution is -0.950. The van der Waals surface area contributed by atoms with Gasteiger partial charge < -0.3 is 15.0 Å². The monoisotopic (exact) mass is 413 g/mol. The minimum absolute atomic E-state index is 0.0141. The van der Waals surface area contributed by atoms with Crippen LogP contribution >= 0.6 is 0 Å². The molecule has 0 aliphatic rings. The van der Waals surface area contributed by atoms with E-state index in [1.165, 1.54) is 0 Å². The quantitative estimate of drug-likeness (QED) is 0.543. The molecule has 0 saturated heterocycles. The van der Waals surface area contributed by atoms with E-state index in [4.69, 9.17) is 0 Å². The molecule has 0 saturated carbocycles. The molecule has 2 aromatic heterocycles. The summed E-state index contributed by atoms with van der Waals surface area (Å²) in [6.07, 6.45) is 0. The molecule has 1 unspecified atom stereocenters. The molecule has 2 atom stereocenters. The zero-order valence-electron chi connectivity index (χ0n) is 18.7. The van der Waals surface area contributed by atoms with Crippen LogP contribution in [0.25, 0.3) is 10.9 Å². The molecule has 3 aromatic rings. The molecule has 8 heteroatoms. The molecule has 1 aromatic carbocycles. The van der Waals surface area contributed by atoms with Crippen LogP contribution in [-0.2, 0) is 12.1 Å². The number of quaternary nitrogens is 1. The molecule has 0 aliphatic carbocycles. The molecule has 0 amide bonds. The zero-order valence-corrected chi connectivity index (χ0v) is 18.7. The highest BCUT2D eigenvalue weighted by Gasteiger charge is 2.35. The van der Waals surface area contributed by atoms with Crippen molar-refractivity contribution in [3.05, 3.63) is 51.6 Å². The molecule has 3 rings (SSSR count). The Morgan fingerprint density at radius 2 is 1.97 bits per heavy atom. The van der Waals surface area contributed by atoms with Crippen molar-refractivity contribution in [3.63, 3.8) is 0 Å². The van der Waals surface area contributed by atoms with Crippen molar-refractivity contribution in [2.45, 2.75) is 59.7 Å². The first-order valence-corrected chi connectivity index (χ1v) is 10.5. The summed E-state index contributed by atoms with van der Waals surface area (Å²) in [6, 6.07) is 7.88. The topological polar surface area (TPSA) is 101 Å². The highest BCUT2D eigenvalue weighted by Crippen LogP contribution is 2.22. The minimum atomic E-state index is -0.270. The molecule has 0 bridgehead atoms. The predicted molar refractivity (Wildman–Crippen MR) is 116 cm³/mol. The van der Waals surface area contributed by atoms with Gasteiger partial charge in [0.1, 0.15) is 13.1 Å². The van der Waals surface area contributed by atoms with E-state index in [-0.39, 0.29) is 29.7 Å². The van der Waals surface area contributed by atoms with Crippen molar-refractivity contribution >= 4 is 10.9 Å². The van der Waals surface area contributed by atoms with E-state index < -0.39 is 0 Å². The third-order valence-corrected chi connectivity index (χ3v) is 5.44. The van der Waals surface area contributed by atoms with Crippen molar-refractivity contribution in [2.75, 3.05) is 13.2 Å². The molecule has 3 N–H and O–H groups in total. The summed E-state index contributed by atoms with van der Waals surface area (Å²) in [5.74, 6) is 0.981. The molecular weight excluding hydrogens is 380 g/mol. The molecular formula is C22H33N6O2+. The van der Waals surface area contributed by atoms with E-state index in [1.54, 1.807) is 0 Å². The molecule has 30 heavy (non-hydrogen) atoms. The highest BCUT2D eigenvalue weighted by molar-refractivity contribution is 5.79. The standard InChI is InChI=1S/C22H32N6O2/c1-14(2)19(20-24-25-26-28(20)22(4,5)6)27(9-10-29)13-17-12-16-11-15(3)7-8-18(16)23-21(17)30/h7-8,11-12,14,19,29H,9-10,13H2,1-6H3,(H,23,30)/p+1/t19-/m0/s1. The number of pyridine rings is 1. The van der Waals surface area contributed by atoms with E-state index in [9.17, 15) is 9.90 Å². The van der Waals surface area contributed by atoms with Gasteiger partial charge in [0.25, 0.3) is 5.56 Å². The lowest BCUT2D eigenvalue weighted by Crippen LogP contribution is -3.12.